The highest BCUT2D eigenvalue weighted by Crippen LogP contribution is 2.49. The number of aromatic hydroxyl groups is 1. The fourth-order valence-electron chi connectivity index (χ4n) is 5.88. The number of phenols is 1. The summed E-state index contributed by atoms with van der Waals surface area (Å²) in [6, 6.07) is 17.1. The van der Waals surface area contributed by atoms with Crippen molar-refractivity contribution in [1.29, 1.82) is 0 Å². The van der Waals surface area contributed by atoms with E-state index in [9.17, 15) is 23.4 Å². The maximum Gasteiger partial charge on any atom is 0.339 e. The zero-order valence-corrected chi connectivity index (χ0v) is 25.6. The molecule has 2 N–H and O–H groups in total. The average molecular weight is 652 g/mol. The second-order valence-electron chi connectivity index (χ2n) is 10.5. The molecule has 0 aliphatic heterocycles. The molecule has 0 unspecified atom stereocenters. The molecule has 1 fully saturated rings. The van der Waals surface area contributed by atoms with E-state index in [4.69, 9.17) is 4.18 Å². The molecule has 1 heterocycles. The fourth-order valence-corrected chi connectivity index (χ4v) is 8.76. The van der Waals surface area contributed by atoms with Gasteiger partial charge in [0.2, 0.25) is 0 Å². The van der Waals surface area contributed by atoms with Gasteiger partial charge in [0.25, 0.3) is 0 Å². The van der Waals surface area contributed by atoms with Crippen molar-refractivity contribution in [3.63, 3.8) is 0 Å². The number of halogens is 1. The number of carbonyl (C=O) groups is 1. The largest absolute Gasteiger partial charge is 0.507 e. The van der Waals surface area contributed by atoms with Gasteiger partial charge in [0.15, 0.2) is 0 Å². The predicted molar refractivity (Wildman–Crippen MR) is 166 cm³/mol. The van der Waals surface area contributed by atoms with E-state index in [1.807, 2.05) is 18.2 Å². The van der Waals surface area contributed by atoms with Gasteiger partial charge in [-0.05, 0) is 106 Å². The van der Waals surface area contributed by atoms with E-state index < -0.39 is 21.8 Å². The Kier molecular flexibility index (Phi) is 7.08. The molecule has 1 aromatic heterocycles. The van der Waals surface area contributed by atoms with E-state index in [0.29, 0.717) is 0 Å². The van der Waals surface area contributed by atoms with Crippen molar-refractivity contribution >= 4 is 64.2 Å². The molecule has 5 aromatic rings. The first-order chi connectivity index (χ1) is 19.6. The van der Waals surface area contributed by atoms with Crippen LogP contribution in [0, 0.1) is 13.8 Å². The molecule has 1 saturated carbocycles. The first-order valence-corrected chi connectivity index (χ1v) is 16.3. The van der Waals surface area contributed by atoms with Crippen LogP contribution >= 0.6 is 27.3 Å². The number of fused-ring (bicyclic) bond motifs is 2. The maximum absolute atomic E-state index is 13.3. The lowest BCUT2D eigenvalue weighted by atomic mass is 9.89. The summed E-state index contributed by atoms with van der Waals surface area (Å²) in [5.41, 5.74) is 3.78. The molecule has 0 spiro atoms. The first kappa shape index (κ1) is 27.8. The van der Waals surface area contributed by atoms with E-state index in [1.165, 1.54) is 20.5 Å². The van der Waals surface area contributed by atoms with E-state index in [-0.39, 0.29) is 22.1 Å². The molecule has 9 heteroatoms. The van der Waals surface area contributed by atoms with Gasteiger partial charge in [-0.3, -0.25) is 0 Å². The molecule has 6 nitrogen and oxygen atoms in total. The van der Waals surface area contributed by atoms with Crippen molar-refractivity contribution in [1.82, 2.24) is 0 Å². The Labute approximate surface area is 250 Å². The predicted octanol–water partition coefficient (Wildman–Crippen LogP) is 8.93. The highest BCUT2D eigenvalue weighted by Gasteiger charge is 2.27. The smallest absolute Gasteiger partial charge is 0.339 e. The molecule has 0 amide bonds. The number of thiophene rings is 1. The Morgan fingerprint density at radius 2 is 1.71 bits per heavy atom. The standard InChI is InChI=1S/C32H27BrO6S2/c1-17-18(2)40-31-28(17)29(22-9-5-6-10-23(22)30(31)33)20-11-14-27(25(15-20)19-7-3-4-8-19)39-41(37,38)21-12-13-24(32(35)36)26(34)16-21/h5-6,9-16,19,34H,3-4,7-8H2,1-2H3,(H,35,36). The zero-order chi connectivity index (χ0) is 29.1. The maximum atomic E-state index is 13.3. The summed E-state index contributed by atoms with van der Waals surface area (Å²) in [6.07, 6.45) is 3.97. The molecule has 4 aromatic carbocycles. The molecule has 1 aliphatic carbocycles. The van der Waals surface area contributed by atoms with Crippen molar-refractivity contribution in [3.8, 4) is 22.6 Å². The Morgan fingerprint density at radius 1 is 1.00 bits per heavy atom. The van der Waals surface area contributed by atoms with Gasteiger partial charge in [0.05, 0.1) is 4.70 Å². The lowest BCUT2D eigenvalue weighted by Gasteiger charge is -2.19. The summed E-state index contributed by atoms with van der Waals surface area (Å²) in [5, 5.41) is 22.7. The summed E-state index contributed by atoms with van der Waals surface area (Å²) >= 11 is 5.63. The molecule has 6 rings (SSSR count). The second kappa shape index (κ2) is 10.5. The van der Waals surface area contributed by atoms with Crippen molar-refractivity contribution in [2.75, 3.05) is 0 Å². The Balaban J connectivity index is 1.52. The minimum absolute atomic E-state index is 0.144. The lowest BCUT2D eigenvalue weighted by molar-refractivity contribution is 0.0693. The number of aryl methyl sites for hydroxylation is 2. The van der Waals surface area contributed by atoms with Crippen LogP contribution in [-0.2, 0) is 10.1 Å². The third-order valence-electron chi connectivity index (χ3n) is 8.05. The molecule has 0 atom stereocenters. The third kappa shape index (κ3) is 4.79. The van der Waals surface area contributed by atoms with Crippen LogP contribution in [0.5, 0.6) is 11.5 Å². The van der Waals surface area contributed by atoms with Crippen molar-refractivity contribution in [2.24, 2.45) is 0 Å². The van der Waals surface area contributed by atoms with Gasteiger partial charge < -0.3 is 14.4 Å². The number of carboxylic acid groups (broad SMARTS) is 1. The van der Waals surface area contributed by atoms with E-state index in [0.717, 1.165) is 75.8 Å². The lowest BCUT2D eigenvalue weighted by Crippen LogP contribution is -2.12. The normalized spacial score (nSPS) is 14.2. The molecule has 0 radical (unpaired) electrons. The van der Waals surface area contributed by atoms with Crippen LogP contribution in [0.2, 0.25) is 0 Å². The Morgan fingerprint density at radius 3 is 2.39 bits per heavy atom. The van der Waals surface area contributed by atoms with Crippen LogP contribution in [-0.4, -0.2) is 24.6 Å². The number of benzene rings is 4. The van der Waals surface area contributed by atoms with Gasteiger partial charge >= 0.3 is 16.1 Å². The first-order valence-electron chi connectivity index (χ1n) is 13.3. The monoisotopic (exact) mass is 650 g/mol. The summed E-state index contributed by atoms with van der Waals surface area (Å²) < 4.78 is 34.6. The van der Waals surface area contributed by atoms with Crippen molar-refractivity contribution < 1.29 is 27.6 Å². The second-order valence-corrected chi connectivity index (χ2v) is 14.0. The number of hydrogen-bond donors (Lipinski definition) is 2. The average Bonchev–Trinajstić information content (AvgIpc) is 3.58. The van der Waals surface area contributed by atoms with Gasteiger partial charge in [-0.1, -0.05) is 43.2 Å². The van der Waals surface area contributed by atoms with Crippen LogP contribution in [0.3, 0.4) is 0 Å². The SMILES string of the molecule is Cc1sc2c(Br)c3ccccc3c(-c3ccc(OS(=O)(=O)c4ccc(C(=O)O)c(O)c4)c(C4CCCC4)c3)c2c1C. The number of rotatable bonds is 6. The van der Waals surface area contributed by atoms with E-state index in [2.05, 4.69) is 48.0 Å². The van der Waals surface area contributed by atoms with E-state index >= 15 is 0 Å². The van der Waals surface area contributed by atoms with Gasteiger partial charge in [-0.2, -0.15) is 8.42 Å². The number of carboxylic acids is 1. The summed E-state index contributed by atoms with van der Waals surface area (Å²) in [7, 11) is -4.34. The Hall–Kier alpha value is -3.40. The highest BCUT2D eigenvalue weighted by atomic mass is 79.9. The van der Waals surface area contributed by atoms with Crippen LogP contribution in [0.25, 0.3) is 32.0 Å². The number of hydrogen-bond acceptors (Lipinski definition) is 6. The van der Waals surface area contributed by atoms with Crippen LogP contribution < -0.4 is 4.18 Å². The van der Waals surface area contributed by atoms with Crippen LogP contribution in [0.1, 0.15) is 58.0 Å². The summed E-state index contributed by atoms with van der Waals surface area (Å²) in [4.78, 5) is 12.2. The summed E-state index contributed by atoms with van der Waals surface area (Å²) in [5.74, 6) is -1.60. The fraction of sp³-hybridized carbons (Fsp3) is 0.219. The third-order valence-corrected chi connectivity index (χ3v) is 11.6. The molecule has 210 valence electrons. The Bertz CT molecular complexity index is 1970. The van der Waals surface area contributed by atoms with Gasteiger partial charge in [0, 0.05) is 20.8 Å². The molecular formula is C32H27BrO6S2. The molecule has 1 aliphatic rings. The number of aromatic carboxylic acids is 1. The van der Waals surface area contributed by atoms with E-state index in [1.54, 1.807) is 17.4 Å². The molecular weight excluding hydrogens is 624 g/mol. The topological polar surface area (TPSA) is 101 Å². The van der Waals surface area contributed by atoms with Crippen LogP contribution in [0.4, 0.5) is 0 Å². The van der Waals surface area contributed by atoms with Gasteiger partial charge in [-0.25, -0.2) is 4.79 Å². The minimum Gasteiger partial charge on any atom is -0.507 e. The van der Waals surface area contributed by atoms with Crippen molar-refractivity contribution in [3.05, 3.63) is 86.7 Å². The zero-order valence-electron chi connectivity index (χ0n) is 22.4. The van der Waals surface area contributed by atoms with Crippen LogP contribution in [0.15, 0.2) is 70.0 Å². The van der Waals surface area contributed by atoms with Gasteiger partial charge in [-0.15, -0.1) is 11.3 Å². The molecule has 0 saturated heterocycles. The molecule has 41 heavy (non-hydrogen) atoms. The van der Waals surface area contributed by atoms with Crippen molar-refractivity contribution in [2.45, 2.75) is 50.3 Å². The molecule has 0 bridgehead atoms. The van der Waals surface area contributed by atoms with Gasteiger partial charge in [0.1, 0.15) is 22.0 Å². The highest BCUT2D eigenvalue weighted by molar-refractivity contribution is 9.11. The quantitative estimate of drug-likeness (QED) is 0.178. The minimum atomic E-state index is -4.34. The summed E-state index contributed by atoms with van der Waals surface area (Å²) in [6.45, 7) is 4.28.